The number of rotatable bonds is 5. The van der Waals surface area contributed by atoms with Crippen molar-refractivity contribution in [2.24, 2.45) is 0 Å². The molecule has 1 atom stereocenters. The van der Waals surface area contributed by atoms with E-state index in [1.54, 1.807) is 0 Å². The first-order valence-corrected chi connectivity index (χ1v) is 7.15. The van der Waals surface area contributed by atoms with Crippen LogP contribution in [0.1, 0.15) is 43.4 Å². The second-order valence-electron chi connectivity index (χ2n) is 4.71. The molecule has 2 nitrogen and oxygen atoms in total. The first-order valence-electron chi connectivity index (χ1n) is 7.15. The fourth-order valence-corrected chi connectivity index (χ4v) is 1.82. The van der Waals surface area contributed by atoms with Crippen molar-refractivity contribution < 1.29 is 10.2 Å². The number of hydrogen-bond acceptors (Lipinski definition) is 2. The Morgan fingerprint density at radius 3 is 1.90 bits per heavy atom. The Bertz CT molecular complexity index is 439. The van der Waals surface area contributed by atoms with Crippen LogP contribution in [0.25, 0.3) is 0 Å². The van der Waals surface area contributed by atoms with Crippen LogP contribution in [-0.2, 0) is 6.61 Å². The number of benzene rings is 2. The average molecular weight is 272 g/mol. The summed E-state index contributed by atoms with van der Waals surface area (Å²) in [5.74, 6) is 0. The quantitative estimate of drug-likeness (QED) is 0.860. The highest BCUT2D eigenvalue weighted by atomic mass is 16.3. The molecule has 0 saturated heterocycles. The van der Waals surface area contributed by atoms with Gasteiger partial charge in [-0.1, -0.05) is 80.4 Å². The molecule has 0 radical (unpaired) electrons. The highest BCUT2D eigenvalue weighted by molar-refractivity contribution is 5.17. The van der Waals surface area contributed by atoms with Gasteiger partial charge in [0.2, 0.25) is 0 Å². The van der Waals surface area contributed by atoms with E-state index in [1.165, 1.54) is 0 Å². The van der Waals surface area contributed by atoms with E-state index in [4.69, 9.17) is 5.11 Å². The third-order valence-corrected chi connectivity index (χ3v) is 3.04. The molecule has 0 amide bonds. The van der Waals surface area contributed by atoms with Crippen LogP contribution in [0.15, 0.2) is 60.7 Å². The van der Waals surface area contributed by atoms with Crippen molar-refractivity contribution >= 4 is 0 Å². The Balaban J connectivity index is 0.000000217. The van der Waals surface area contributed by atoms with E-state index >= 15 is 0 Å². The molecule has 0 bridgehead atoms. The maximum Gasteiger partial charge on any atom is 0.0790 e. The molecule has 1 unspecified atom stereocenters. The summed E-state index contributed by atoms with van der Waals surface area (Å²) in [4.78, 5) is 0. The molecular weight excluding hydrogens is 248 g/mol. The second-order valence-corrected chi connectivity index (χ2v) is 4.71. The van der Waals surface area contributed by atoms with Gasteiger partial charge < -0.3 is 10.2 Å². The van der Waals surface area contributed by atoms with Gasteiger partial charge in [-0.05, 0) is 17.5 Å². The number of aliphatic hydroxyl groups excluding tert-OH is 2. The molecule has 2 rings (SSSR count). The Hall–Kier alpha value is -1.64. The minimum Gasteiger partial charge on any atom is -0.392 e. The van der Waals surface area contributed by atoms with Crippen LogP contribution in [0.5, 0.6) is 0 Å². The lowest BCUT2D eigenvalue weighted by Gasteiger charge is -2.09. The van der Waals surface area contributed by atoms with E-state index < -0.39 is 0 Å². The van der Waals surface area contributed by atoms with Crippen LogP contribution in [-0.4, -0.2) is 10.2 Å². The summed E-state index contributed by atoms with van der Waals surface area (Å²) in [6, 6.07) is 19.4. The minimum absolute atomic E-state index is 0.140. The SMILES string of the molecule is CCCCC(O)c1ccccc1.OCc1ccccc1. The Morgan fingerprint density at radius 1 is 0.900 bits per heavy atom. The summed E-state index contributed by atoms with van der Waals surface area (Å²) in [5, 5.41) is 18.2. The van der Waals surface area contributed by atoms with E-state index in [2.05, 4.69) is 6.92 Å². The Morgan fingerprint density at radius 2 is 1.45 bits per heavy atom. The molecule has 0 aromatic heterocycles. The van der Waals surface area contributed by atoms with Gasteiger partial charge in [-0.3, -0.25) is 0 Å². The van der Waals surface area contributed by atoms with Gasteiger partial charge >= 0.3 is 0 Å². The molecule has 0 aliphatic rings. The van der Waals surface area contributed by atoms with Gasteiger partial charge in [-0.15, -0.1) is 0 Å². The van der Waals surface area contributed by atoms with Crippen LogP contribution in [0.4, 0.5) is 0 Å². The second kappa shape index (κ2) is 10.2. The lowest BCUT2D eigenvalue weighted by Crippen LogP contribution is -1.95. The average Bonchev–Trinajstić information content (AvgIpc) is 2.54. The fourth-order valence-electron chi connectivity index (χ4n) is 1.82. The zero-order valence-corrected chi connectivity index (χ0v) is 12.1. The summed E-state index contributed by atoms with van der Waals surface area (Å²) in [6.45, 7) is 2.28. The lowest BCUT2D eigenvalue weighted by atomic mass is 10.0. The van der Waals surface area contributed by atoms with E-state index in [0.29, 0.717) is 0 Å². The molecule has 108 valence electrons. The molecule has 2 heteroatoms. The van der Waals surface area contributed by atoms with E-state index in [0.717, 1.165) is 30.4 Å². The van der Waals surface area contributed by atoms with Crippen LogP contribution < -0.4 is 0 Å². The van der Waals surface area contributed by atoms with Gasteiger partial charge in [0.1, 0.15) is 0 Å². The molecule has 0 aliphatic heterocycles. The molecule has 0 saturated carbocycles. The van der Waals surface area contributed by atoms with Crippen molar-refractivity contribution in [1.29, 1.82) is 0 Å². The van der Waals surface area contributed by atoms with Gasteiger partial charge in [0.15, 0.2) is 0 Å². The van der Waals surface area contributed by atoms with Crippen LogP contribution in [0, 0.1) is 0 Å². The van der Waals surface area contributed by atoms with Crippen molar-refractivity contribution in [3.05, 3.63) is 71.8 Å². The largest absolute Gasteiger partial charge is 0.392 e. The Labute approximate surface area is 121 Å². The van der Waals surface area contributed by atoms with Crippen molar-refractivity contribution in [3.8, 4) is 0 Å². The van der Waals surface area contributed by atoms with Gasteiger partial charge in [-0.25, -0.2) is 0 Å². The minimum atomic E-state index is -0.272. The zero-order valence-electron chi connectivity index (χ0n) is 12.1. The van der Waals surface area contributed by atoms with Crippen molar-refractivity contribution in [3.63, 3.8) is 0 Å². The Kier molecular flexibility index (Phi) is 8.36. The molecule has 2 N–H and O–H groups in total. The van der Waals surface area contributed by atoms with Crippen LogP contribution in [0.3, 0.4) is 0 Å². The third-order valence-electron chi connectivity index (χ3n) is 3.04. The predicted molar refractivity (Wildman–Crippen MR) is 83.3 cm³/mol. The van der Waals surface area contributed by atoms with Crippen LogP contribution >= 0.6 is 0 Å². The summed E-state index contributed by atoms with van der Waals surface area (Å²) < 4.78 is 0. The normalized spacial score (nSPS) is 11.3. The smallest absolute Gasteiger partial charge is 0.0790 e. The summed E-state index contributed by atoms with van der Waals surface area (Å²) >= 11 is 0. The highest BCUT2D eigenvalue weighted by Crippen LogP contribution is 2.17. The van der Waals surface area contributed by atoms with Crippen LogP contribution in [0.2, 0.25) is 0 Å². The number of unbranched alkanes of at least 4 members (excludes halogenated alkanes) is 1. The number of aliphatic hydroxyl groups is 2. The van der Waals surface area contributed by atoms with Gasteiger partial charge in [-0.2, -0.15) is 0 Å². The maximum atomic E-state index is 9.65. The molecule has 2 aromatic carbocycles. The van der Waals surface area contributed by atoms with Crippen molar-refractivity contribution in [2.45, 2.75) is 38.9 Å². The molecule has 0 heterocycles. The standard InChI is InChI=1S/C11H16O.C7H8O/c1-2-3-9-11(12)10-7-5-4-6-8-10;8-6-7-4-2-1-3-5-7/h4-8,11-12H,2-3,9H2,1H3;1-5,8H,6H2. The maximum absolute atomic E-state index is 9.65. The van der Waals surface area contributed by atoms with E-state index in [-0.39, 0.29) is 12.7 Å². The molecule has 0 spiro atoms. The molecule has 2 aromatic rings. The molecular formula is C18H24O2. The monoisotopic (exact) mass is 272 g/mol. The summed E-state index contributed by atoms with van der Waals surface area (Å²) in [5.41, 5.74) is 2.00. The topological polar surface area (TPSA) is 40.5 Å². The molecule has 0 fully saturated rings. The van der Waals surface area contributed by atoms with E-state index in [1.807, 2.05) is 60.7 Å². The molecule has 0 aliphatic carbocycles. The first kappa shape index (κ1) is 16.4. The van der Waals surface area contributed by atoms with Gasteiger partial charge in [0.25, 0.3) is 0 Å². The molecule has 20 heavy (non-hydrogen) atoms. The fraction of sp³-hybridized carbons (Fsp3) is 0.333. The van der Waals surface area contributed by atoms with Crippen molar-refractivity contribution in [2.75, 3.05) is 0 Å². The van der Waals surface area contributed by atoms with E-state index in [9.17, 15) is 5.11 Å². The van der Waals surface area contributed by atoms with Gasteiger partial charge in [0.05, 0.1) is 12.7 Å². The summed E-state index contributed by atoms with van der Waals surface area (Å²) in [6.07, 6.45) is 2.84. The number of hydrogen-bond donors (Lipinski definition) is 2. The third kappa shape index (κ3) is 6.50. The lowest BCUT2D eigenvalue weighted by molar-refractivity contribution is 0.164. The van der Waals surface area contributed by atoms with Crippen molar-refractivity contribution in [1.82, 2.24) is 0 Å². The highest BCUT2D eigenvalue weighted by Gasteiger charge is 2.04. The zero-order chi connectivity index (χ0) is 14.6. The predicted octanol–water partition coefficient (Wildman–Crippen LogP) is 4.09. The van der Waals surface area contributed by atoms with Gasteiger partial charge in [0, 0.05) is 0 Å². The summed E-state index contributed by atoms with van der Waals surface area (Å²) in [7, 11) is 0. The first-order chi connectivity index (χ1) is 9.77.